The van der Waals surface area contributed by atoms with Crippen LogP contribution in [-0.2, 0) is 6.54 Å². The van der Waals surface area contributed by atoms with Crippen molar-refractivity contribution in [2.45, 2.75) is 45.2 Å². The van der Waals surface area contributed by atoms with Crippen molar-refractivity contribution < 1.29 is 9.21 Å². The minimum Gasteiger partial charge on any atom is -0.467 e. The first-order valence-electron chi connectivity index (χ1n) is 8.31. The first kappa shape index (κ1) is 15.6. The average molecular weight is 313 g/mol. The van der Waals surface area contributed by atoms with Gasteiger partial charge in [0.2, 0.25) is 0 Å². The van der Waals surface area contributed by atoms with Crippen LogP contribution in [0.4, 0.5) is 5.69 Å². The summed E-state index contributed by atoms with van der Waals surface area (Å²) < 4.78 is 5.22. The molecular formula is C18H23N3O2. The van der Waals surface area contributed by atoms with Crippen LogP contribution in [0.3, 0.4) is 0 Å². The summed E-state index contributed by atoms with van der Waals surface area (Å²) in [5.74, 6) is 0.560. The van der Waals surface area contributed by atoms with E-state index in [1.807, 2.05) is 24.3 Å². The quantitative estimate of drug-likeness (QED) is 0.919. The van der Waals surface area contributed by atoms with Crippen molar-refractivity contribution in [2.75, 3.05) is 11.4 Å². The van der Waals surface area contributed by atoms with Crippen molar-refractivity contribution in [3.05, 3.63) is 48.2 Å². The Kier molecular flexibility index (Phi) is 4.95. The second kappa shape index (κ2) is 7.31. The zero-order valence-corrected chi connectivity index (χ0v) is 13.5. The Morgan fingerprint density at radius 1 is 1.43 bits per heavy atom. The summed E-state index contributed by atoms with van der Waals surface area (Å²) in [6.07, 6.45) is 8.16. The van der Waals surface area contributed by atoms with E-state index >= 15 is 0 Å². The van der Waals surface area contributed by atoms with Crippen molar-refractivity contribution in [3.8, 4) is 0 Å². The molecule has 0 saturated carbocycles. The van der Waals surface area contributed by atoms with Gasteiger partial charge in [0, 0.05) is 24.5 Å². The number of carbonyl (C=O) groups excluding carboxylic acids is 1. The number of piperidine rings is 1. The monoisotopic (exact) mass is 313 g/mol. The van der Waals surface area contributed by atoms with Crippen molar-refractivity contribution >= 4 is 11.6 Å². The number of nitrogens with zero attached hydrogens (tertiary/aromatic N) is 2. The van der Waals surface area contributed by atoms with Crippen molar-refractivity contribution in [3.63, 3.8) is 0 Å². The lowest BCUT2D eigenvalue weighted by Gasteiger charge is -2.37. The minimum absolute atomic E-state index is 0.173. The molecular weight excluding hydrogens is 290 g/mol. The Morgan fingerprint density at radius 2 is 2.35 bits per heavy atom. The number of amides is 1. The number of hydrogen-bond acceptors (Lipinski definition) is 4. The largest absolute Gasteiger partial charge is 0.467 e. The smallest absolute Gasteiger partial charge is 0.270 e. The number of hydrogen-bond donors (Lipinski definition) is 1. The lowest BCUT2D eigenvalue weighted by Crippen LogP contribution is -2.39. The molecule has 2 aromatic rings. The van der Waals surface area contributed by atoms with Gasteiger partial charge in [-0.25, -0.2) is 0 Å². The molecule has 0 spiro atoms. The first-order chi connectivity index (χ1) is 11.3. The summed E-state index contributed by atoms with van der Waals surface area (Å²) in [4.78, 5) is 18.9. The molecule has 1 unspecified atom stereocenters. The fraction of sp³-hybridized carbons (Fsp3) is 0.444. The van der Waals surface area contributed by atoms with Crippen LogP contribution in [0.5, 0.6) is 0 Å². The minimum atomic E-state index is -0.173. The maximum absolute atomic E-state index is 12.3. The molecule has 2 aromatic heterocycles. The van der Waals surface area contributed by atoms with Gasteiger partial charge in [-0.2, -0.15) is 0 Å². The highest BCUT2D eigenvalue weighted by molar-refractivity contribution is 5.93. The molecule has 0 bridgehead atoms. The summed E-state index contributed by atoms with van der Waals surface area (Å²) in [7, 11) is 0. The second-order valence-corrected chi connectivity index (χ2v) is 5.91. The van der Waals surface area contributed by atoms with E-state index in [0.717, 1.165) is 24.4 Å². The molecule has 1 aliphatic rings. The molecule has 122 valence electrons. The fourth-order valence-electron chi connectivity index (χ4n) is 3.16. The van der Waals surface area contributed by atoms with Crippen LogP contribution in [0.25, 0.3) is 0 Å². The maximum atomic E-state index is 12.3. The Balaban J connectivity index is 1.70. The predicted molar refractivity (Wildman–Crippen MR) is 89.4 cm³/mol. The van der Waals surface area contributed by atoms with E-state index in [1.165, 1.54) is 19.3 Å². The third kappa shape index (κ3) is 3.73. The third-order valence-corrected chi connectivity index (χ3v) is 4.41. The van der Waals surface area contributed by atoms with Crippen molar-refractivity contribution in [2.24, 2.45) is 0 Å². The first-order valence-corrected chi connectivity index (χ1v) is 8.31. The zero-order chi connectivity index (χ0) is 16.1. The van der Waals surface area contributed by atoms with E-state index in [0.29, 0.717) is 18.3 Å². The van der Waals surface area contributed by atoms with E-state index in [-0.39, 0.29) is 5.91 Å². The van der Waals surface area contributed by atoms with Gasteiger partial charge in [-0.05, 0) is 49.9 Å². The molecule has 1 aliphatic heterocycles. The van der Waals surface area contributed by atoms with E-state index in [2.05, 4.69) is 22.1 Å². The van der Waals surface area contributed by atoms with E-state index < -0.39 is 0 Å². The van der Waals surface area contributed by atoms with Crippen molar-refractivity contribution in [1.29, 1.82) is 0 Å². The van der Waals surface area contributed by atoms with Crippen LogP contribution in [-0.4, -0.2) is 23.5 Å². The number of furan rings is 1. The maximum Gasteiger partial charge on any atom is 0.270 e. The number of anilines is 1. The summed E-state index contributed by atoms with van der Waals surface area (Å²) in [6.45, 7) is 3.65. The average Bonchev–Trinajstić information content (AvgIpc) is 3.13. The van der Waals surface area contributed by atoms with Gasteiger partial charge in [0.05, 0.1) is 12.8 Å². The van der Waals surface area contributed by atoms with Crippen molar-refractivity contribution in [1.82, 2.24) is 10.3 Å². The Morgan fingerprint density at radius 3 is 3.13 bits per heavy atom. The Hall–Kier alpha value is -2.30. The highest BCUT2D eigenvalue weighted by Crippen LogP contribution is 2.26. The molecule has 1 saturated heterocycles. The second-order valence-electron chi connectivity index (χ2n) is 5.91. The normalized spacial score (nSPS) is 18.0. The van der Waals surface area contributed by atoms with Gasteiger partial charge in [0.1, 0.15) is 11.5 Å². The standard InChI is InChI=1S/C18H23N3O2/c1-2-14-6-3-4-10-21(14)15-8-9-19-17(12-15)18(22)20-13-16-7-5-11-23-16/h5,7-9,11-12,14H,2-4,6,10,13H2,1H3,(H,20,22). The topological polar surface area (TPSA) is 58.4 Å². The Labute approximate surface area is 136 Å². The molecule has 1 fully saturated rings. The van der Waals surface area contributed by atoms with Crippen LogP contribution in [0.15, 0.2) is 41.1 Å². The SMILES string of the molecule is CCC1CCCCN1c1ccnc(C(=O)NCc2ccco2)c1. The molecule has 1 amide bonds. The highest BCUT2D eigenvalue weighted by atomic mass is 16.3. The number of aromatic nitrogens is 1. The molecule has 3 rings (SSSR count). The molecule has 1 N–H and O–H groups in total. The zero-order valence-electron chi connectivity index (χ0n) is 13.5. The van der Waals surface area contributed by atoms with Crippen LogP contribution in [0.2, 0.25) is 0 Å². The van der Waals surface area contributed by atoms with E-state index in [4.69, 9.17) is 4.42 Å². The molecule has 5 heteroatoms. The van der Waals surface area contributed by atoms with Gasteiger partial charge in [-0.3, -0.25) is 9.78 Å². The van der Waals surface area contributed by atoms with E-state index in [1.54, 1.807) is 12.5 Å². The highest BCUT2D eigenvalue weighted by Gasteiger charge is 2.22. The summed E-state index contributed by atoms with van der Waals surface area (Å²) in [6, 6.07) is 8.10. The van der Waals surface area contributed by atoms with Crippen LogP contribution in [0, 0.1) is 0 Å². The molecule has 1 atom stereocenters. The predicted octanol–water partition coefficient (Wildman–Crippen LogP) is 3.37. The Bertz CT molecular complexity index is 639. The van der Waals surface area contributed by atoms with Crippen LogP contribution < -0.4 is 10.2 Å². The summed E-state index contributed by atoms with van der Waals surface area (Å²) in [5, 5.41) is 2.84. The third-order valence-electron chi connectivity index (χ3n) is 4.41. The number of rotatable bonds is 5. The lowest BCUT2D eigenvalue weighted by molar-refractivity contribution is 0.0943. The number of nitrogens with one attached hydrogen (secondary N) is 1. The number of carbonyl (C=O) groups is 1. The van der Waals surface area contributed by atoms with Gasteiger partial charge in [0.25, 0.3) is 5.91 Å². The van der Waals surface area contributed by atoms with E-state index in [9.17, 15) is 4.79 Å². The van der Waals surface area contributed by atoms with Gasteiger partial charge in [-0.1, -0.05) is 6.92 Å². The summed E-state index contributed by atoms with van der Waals surface area (Å²) >= 11 is 0. The molecule has 0 radical (unpaired) electrons. The molecule has 23 heavy (non-hydrogen) atoms. The van der Waals surface area contributed by atoms with Gasteiger partial charge >= 0.3 is 0 Å². The van der Waals surface area contributed by atoms with Gasteiger partial charge < -0.3 is 14.6 Å². The lowest BCUT2D eigenvalue weighted by atomic mass is 9.99. The van der Waals surface area contributed by atoms with Crippen LogP contribution >= 0.6 is 0 Å². The summed E-state index contributed by atoms with van der Waals surface area (Å²) in [5.41, 5.74) is 1.55. The van der Waals surface area contributed by atoms with Gasteiger partial charge in [0.15, 0.2) is 0 Å². The van der Waals surface area contributed by atoms with Crippen LogP contribution in [0.1, 0.15) is 48.9 Å². The molecule has 0 aromatic carbocycles. The fourth-order valence-corrected chi connectivity index (χ4v) is 3.16. The number of pyridine rings is 1. The molecule has 5 nitrogen and oxygen atoms in total. The molecule has 3 heterocycles. The van der Waals surface area contributed by atoms with Gasteiger partial charge in [-0.15, -0.1) is 0 Å². The molecule has 0 aliphatic carbocycles.